The zero-order valence-electron chi connectivity index (χ0n) is 33.5. The Morgan fingerprint density at radius 2 is 1.19 bits per heavy atom. The van der Waals surface area contributed by atoms with Gasteiger partial charge < -0.3 is 35.4 Å². The van der Waals surface area contributed by atoms with Gasteiger partial charge in [-0.25, -0.2) is 9.18 Å². The number of methoxy groups -OCH3 is 1. The highest BCUT2D eigenvalue weighted by atomic mass is 19.1. The second-order valence-corrected chi connectivity index (χ2v) is 16.1. The van der Waals surface area contributed by atoms with Crippen LogP contribution >= 0.6 is 0 Å². The number of nitrogens with zero attached hydrogens (tertiary/aromatic N) is 3. The molecule has 0 aliphatic carbocycles. The molecular weight excluding hydrogens is 728 g/mol. The lowest BCUT2D eigenvalue weighted by Gasteiger charge is -2.33. The van der Waals surface area contributed by atoms with E-state index in [1.54, 1.807) is 21.9 Å². The monoisotopic (exact) mass is 782 g/mol. The van der Waals surface area contributed by atoms with Crippen molar-refractivity contribution in [2.24, 2.45) is 11.8 Å². The number of carbonyl (C=O) groups is 5. The van der Waals surface area contributed by atoms with E-state index in [-0.39, 0.29) is 53.4 Å². The van der Waals surface area contributed by atoms with E-state index >= 15 is 0 Å². The minimum atomic E-state index is -0.816. The average molecular weight is 783 g/mol. The van der Waals surface area contributed by atoms with Gasteiger partial charge in [-0.05, 0) is 110 Å². The molecule has 0 aromatic heterocycles. The van der Waals surface area contributed by atoms with Crippen LogP contribution in [0.4, 0.5) is 26.2 Å². The van der Waals surface area contributed by atoms with Gasteiger partial charge in [0.05, 0.1) is 19.2 Å². The number of benzene rings is 3. The van der Waals surface area contributed by atoms with Crippen LogP contribution in [-0.2, 0) is 23.9 Å². The number of anilines is 3. The lowest BCUT2D eigenvalue weighted by molar-refractivity contribution is -0.139. The fraction of sp³-hybridized carbons (Fsp3) is 0.477. The number of carbonyl (C=O) groups excluding carboxylic acids is 5. The summed E-state index contributed by atoms with van der Waals surface area (Å²) in [5.74, 6) is -1.06. The average Bonchev–Trinajstić information content (AvgIpc) is 3.98. The van der Waals surface area contributed by atoms with E-state index in [0.717, 1.165) is 36.1 Å². The Balaban J connectivity index is 1.14. The molecule has 12 nitrogen and oxygen atoms in total. The summed E-state index contributed by atoms with van der Waals surface area (Å²) in [7, 11) is 1.24. The molecule has 3 fully saturated rings. The van der Waals surface area contributed by atoms with E-state index in [4.69, 9.17) is 4.74 Å². The van der Waals surface area contributed by atoms with E-state index in [1.165, 1.54) is 19.2 Å². The van der Waals surface area contributed by atoms with Crippen molar-refractivity contribution in [2.45, 2.75) is 103 Å². The van der Waals surface area contributed by atoms with Gasteiger partial charge in [0, 0.05) is 36.6 Å². The van der Waals surface area contributed by atoms with Crippen LogP contribution in [0.1, 0.15) is 95.9 Å². The van der Waals surface area contributed by atoms with Gasteiger partial charge >= 0.3 is 6.09 Å². The molecule has 0 saturated carbocycles. The minimum absolute atomic E-state index is 0.0189. The quantitative estimate of drug-likeness (QED) is 0.177. The molecule has 3 aromatic rings. The van der Waals surface area contributed by atoms with Crippen molar-refractivity contribution in [3.05, 3.63) is 89.7 Å². The maximum Gasteiger partial charge on any atom is 0.407 e. The molecule has 5 amide bonds. The first-order chi connectivity index (χ1) is 27.3. The first-order valence-electron chi connectivity index (χ1n) is 20.1. The zero-order valence-corrected chi connectivity index (χ0v) is 33.5. The van der Waals surface area contributed by atoms with Crippen molar-refractivity contribution < 1.29 is 33.1 Å². The van der Waals surface area contributed by atoms with Gasteiger partial charge in [-0.15, -0.1) is 0 Å². The van der Waals surface area contributed by atoms with Crippen LogP contribution in [0.3, 0.4) is 0 Å². The number of likely N-dealkylation sites (tertiary alicyclic amines) is 2. The van der Waals surface area contributed by atoms with E-state index in [9.17, 15) is 28.4 Å². The maximum absolute atomic E-state index is 14.1. The van der Waals surface area contributed by atoms with Crippen LogP contribution in [-0.4, -0.2) is 77.8 Å². The topological polar surface area (TPSA) is 140 Å². The largest absolute Gasteiger partial charge is 0.453 e. The van der Waals surface area contributed by atoms with Crippen LogP contribution in [0.5, 0.6) is 0 Å². The predicted octanol–water partition coefficient (Wildman–Crippen LogP) is 7.19. The van der Waals surface area contributed by atoms with Gasteiger partial charge in [-0.3, -0.25) is 19.2 Å². The Hall–Kier alpha value is -5.46. The lowest BCUT2D eigenvalue weighted by atomic mass is 10.0. The number of alkyl carbamates (subject to hydrolysis) is 1. The number of nitrogens with one attached hydrogen (secondary N) is 3. The highest BCUT2D eigenvalue weighted by molar-refractivity contribution is 5.99. The fourth-order valence-electron chi connectivity index (χ4n) is 8.45. The van der Waals surface area contributed by atoms with Crippen molar-refractivity contribution in [3.8, 4) is 0 Å². The molecule has 6 rings (SSSR count). The van der Waals surface area contributed by atoms with Gasteiger partial charge in [0.2, 0.25) is 23.6 Å². The molecule has 0 radical (unpaired) electrons. The Bertz CT molecular complexity index is 1900. The maximum atomic E-state index is 14.1. The van der Waals surface area contributed by atoms with Gasteiger partial charge in [-0.2, -0.15) is 0 Å². The Kier molecular flexibility index (Phi) is 13.2. The molecule has 57 heavy (non-hydrogen) atoms. The van der Waals surface area contributed by atoms with E-state index in [1.807, 2.05) is 76.2 Å². The van der Waals surface area contributed by atoms with Crippen LogP contribution in [0.2, 0.25) is 0 Å². The number of ether oxygens (including phenoxy) is 1. The van der Waals surface area contributed by atoms with Crippen molar-refractivity contribution in [1.82, 2.24) is 15.1 Å². The van der Waals surface area contributed by atoms with Crippen molar-refractivity contribution in [2.75, 3.05) is 35.7 Å². The second kappa shape index (κ2) is 18.2. The van der Waals surface area contributed by atoms with Crippen LogP contribution in [0, 0.1) is 17.7 Å². The lowest BCUT2D eigenvalue weighted by Crippen LogP contribution is -2.54. The van der Waals surface area contributed by atoms with Gasteiger partial charge in [0.25, 0.3) is 0 Å². The Labute approximate surface area is 334 Å². The highest BCUT2D eigenvalue weighted by Crippen LogP contribution is 2.47. The summed E-state index contributed by atoms with van der Waals surface area (Å²) < 4.78 is 18.8. The molecule has 0 spiro atoms. The summed E-state index contributed by atoms with van der Waals surface area (Å²) in [6.07, 6.45) is 4.02. The van der Waals surface area contributed by atoms with Crippen molar-refractivity contribution in [3.63, 3.8) is 0 Å². The third-order valence-corrected chi connectivity index (χ3v) is 11.3. The molecule has 3 heterocycles. The molecule has 3 aliphatic rings. The summed E-state index contributed by atoms with van der Waals surface area (Å²) >= 11 is 0. The van der Waals surface area contributed by atoms with Crippen molar-refractivity contribution in [1.29, 1.82) is 0 Å². The first kappa shape index (κ1) is 41.2. The molecular formula is C44H55FN6O6. The molecule has 3 N–H and O–H groups in total. The molecule has 13 heteroatoms. The van der Waals surface area contributed by atoms with Gasteiger partial charge in [0.15, 0.2) is 0 Å². The van der Waals surface area contributed by atoms with E-state index in [0.29, 0.717) is 50.1 Å². The highest BCUT2D eigenvalue weighted by Gasteiger charge is 2.40. The number of hydrogen-bond acceptors (Lipinski definition) is 7. The summed E-state index contributed by atoms with van der Waals surface area (Å²) in [5, 5.41) is 8.63. The van der Waals surface area contributed by atoms with Crippen LogP contribution in [0.15, 0.2) is 72.8 Å². The predicted molar refractivity (Wildman–Crippen MR) is 217 cm³/mol. The molecule has 3 aliphatic heterocycles. The normalized spacial score (nSPS) is 21.2. The standard InChI is InChI=1S/C44H55FN6O6/c1-27(2)26-39(52)49-24-6-8-37(49)41(53)46-32-16-10-29(11-17-32)35-22-23-36(51(35)34-20-14-31(45)15-21-34)30-12-18-33(19-13-30)47-42(54)38-9-7-25-50(38)43(55)40(28(3)4)48-44(56)57-5/h10-21,27-28,35-38,40H,6-9,22-26H2,1-5H3,(H,46,53)(H,47,54)(H,48,56)/t35-,36+,37-,38-,40-/m0/s1. The molecule has 3 aromatic carbocycles. The summed E-state index contributed by atoms with van der Waals surface area (Å²) in [6.45, 7) is 8.68. The molecule has 304 valence electrons. The minimum Gasteiger partial charge on any atom is -0.453 e. The van der Waals surface area contributed by atoms with E-state index < -0.39 is 24.2 Å². The van der Waals surface area contributed by atoms with Crippen molar-refractivity contribution >= 4 is 46.8 Å². The number of halogens is 1. The smallest absolute Gasteiger partial charge is 0.407 e. The molecule has 5 atom stereocenters. The second-order valence-electron chi connectivity index (χ2n) is 16.1. The molecule has 0 unspecified atom stereocenters. The SMILES string of the molecule is COC(=O)N[C@H](C(=O)N1CCC[C@H]1C(=O)Nc1ccc([C@H]2CC[C@@H](c3ccc(NC(=O)[C@@H]4CCCN4C(=O)CC(C)C)cc3)N2c2ccc(F)cc2)cc1)C(C)C. The molecule has 0 bridgehead atoms. The Morgan fingerprint density at radius 3 is 1.67 bits per heavy atom. The molecule has 3 saturated heterocycles. The number of amides is 5. The fourth-order valence-corrected chi connectivity index (χ4v) is 8.45. The number of hydrogen-bond donors (Lipinski definition) is 3. The summed E-state index contributed by atoms with van der Waals surface area (Å²) in [5.41, 5.74) is 4.22. The summed E-state index contributed by atoms with van der Waals surface area (Å²) in [6, 6.07) is 20.0. The summed E-state index contributed by atoms with van der Waals surface area (Å²) in [4.78, 5) is 70.6. The third kappa shape index (κ3) is 9.57. The van der Waals surface area contributed by atoms with Gasteiger partial charge in [-0.1, -0.05) is 52.0 Å². The Morgan fingerprint density at radius 1 is 0.702 bits per heavy atom. The third-order valence-electron chi connectivity index (χ3n) is 11.3. The van der Waals surface area contributed by atoms with Gasteiger partial charge in [0.1, 0.15) is 23.9 Å². The van der Waals surface area contributed by atoms with E-state index in [2.05, 4.69) is 20.9 Å². The number of rotatable bonds is 12. The van der Waals surface area contributed by atoms with Crippen LogP contribution < -0.4 is 20.9 Å². The zero-order chi connectivity index (χ0) is 40.8. The first-order valence-corrected chi connectivity index (χ1v) is 20.1. The van der Waals surface area contributed by atoms with Crippen LogP contribution in [0.25, 0.3) is 0 Å².